The van der Waals surface area contributed by atoms with Crippen molar-refractivity contribution in [3.05, 3.63) is 53.6 Å². The minimum absolute atomic E-state index is 0.217. The molecule has 1 atom stereocenters. The Kier molecular flexibility index (Phi) is 6.72. The molecule has 152 valence electrons. The van der Waals surface area contributed by atoms with Crippen LogP contribution in [0.1, 0.15) is 37.8 Å². The standard InChI is InChI=1S/C21H28N2O4S/c1-14(2)17-9-7-8-10-18(17)22-21(24)16(4)23(28(6,25)26)19-13-15(3)11-12-20(19)27-5/h7-14,16H,1-6H3,(H,22,24)/t16-/m0/s1. The molecule has 0 aromatic heterocycles. The predicted molar refractivity (Wildman–Crippen MR) is 114 cm³/mol. The minimum atomic E-state index is -3.74. The fourth-order valence-corrected chi connectivity index (χ4v) is 4.27. The molecule has 0 aliphatic rings. The molecule has 2 aromatic carbocycles. The average Bonchev–Trinajstić information content (AvgIpc) is 2.61. The largest absolute Gasteiger partial charge is 0.495 e. The molecular formula is C21H28N2O4S. The molecule has 6 nitrogen and oxygen atoms in total. The quantitative estimate of drug-likeness (QED) is 0.759. The van der Waals surface area contributed by atoms with Gasteiger partial charge in [0.15, 0.2) is 0 Å². The van der Waals surface area contributed by atoms with E-state index in [9.17, 15) is 13.2 Å². The fraction of sp³-hybridized carbons (Fsp3) is 0.381. The van der Waals surface area contributed by atoms with Gasteiger partial charge in [0.1, 0.15) is 11.8 Å². The zero-order valence-corrected chi connectivity index (χ0v) is 18.0. The third-order valence-electron chi connectivity index (χ3n) is 4.50. The van der Waals surface area contributed by atoms with Crippen molar-refractivity contribution in [3.63, 3.8) is 0 Å². The number of para-hydroxylation sites is 1. The third-order valence-corrected chi connectivity index (χ3v) is 5.73. The number of aryl methyl sites for hydroxylation is 1. The van der Waals surface area contributed by atoms with Crippen LogP contribution in [-0.4, -0.2) is 33.7 Å². The molecule has 0 saturated carbocycles. The zero-order chi connectivity index (χ0) is 21.1. The molecule has 0 radical (unpaired) electrons. The van der Waals surface area contributed by atoms with Crippen molar-refractivity contribution in [2.45, 2.75) is 39.7 Å². The Morgan fingerprint density at radius 1 is 1.11 bits per heavy atom. The van der Waals surface area contributed by atoms with Gasteiger partial charge in [0.2, 0.25) is 15.9 Å². The molecule has 28 heavy (non-hydrogen) atoms. The number of hydrogen-bond donors (Lipinski definition) is 1. The van der Waals surface area contributed by atoms with Crippen LogP contribution >= 0.6 is 0 Å². The van der Waals surface area contributed by atoms with E-state index in [2.05, 4.69) is 5.32 Å². The Morgan fingerprint density at radius 2 is 1.75 bits per heavy atom. The smallest absolute Gasteiger partial charge is 0.248 e. The van der Waals surface area contributed by atoms with Crippen LogP contribution in [0.15, 0.2) is 42.5 Å². The number of nitrogens with one attached hydrogen (secondary N) is 1. The zero-order valence-electron chi connectivity index (χ0n) is 17.2. The maximum Gasteiger partial charge on any atom is 0.248 e. The summed E-state index contributed by atoms with van der Waals surface area (Å²) in [5.74, 6) is 0.190. The lowest BCUT2D eigenvalue weighted by molar-refractivity contribution is -0.116. The maximum atomic E-state index is 13.0. The van der Waals surface area contributed by atoms with E-state index in [1.165, 1.54) is 7.11 Å². The molecule has 0 spiro atoms. The number of ether oxygens (including phenoxy) is 1. The highest BCUT2D eigenvalue weighted by Gasteiger charge is 2.31. The summed E-state index contributed by atoms with van der Waals surface area (Å²) >= 11 is 0. The van der Waals surface area contributed by atoms with Crippen LogP contribution in [0, 0.1) is 6.92 Å². The van der Waals surface area contributed by atoms with E-state index in [4.69, 9.17) is 4.74 Å². The normalized spacial score (nSPS) is 12.5. The van der Waals surface area contributed by atoms with Crippen molar-refractivity contribution in [1.82, 2.24) is 0 Å². The highest BCUT2D eigenvalue weighted by molar-refractivity contribution is 7.92. The Bertz CT molecular complexity index is 955. The Hall–Kier alpha value is -2.54. The third kappa shape index (κ3) is 4.84. The van der Waals surface area contributed by atoms with Gasteiger partial charge in [-0.15, -0.1) is 0 Å². The van der Waals surface area contributed by atoms with Gasteiger partial charge in [-0.05, 0) is 49.1 Å². The Labute approximate surface area is 167 Å². The molecule has 0 heterocycles. The van der Waals surface area contributed by atoms with E-state index in [1.54, 1.807) is 19.1 Å². The van der Waals surface area contributed by atoms with Crippen molar-refractivity contribution in [3.8, 4) is 5.75 Å². The molecule has 2 aromatic rings. The summed E-state index contributed by atoms with van der Waals surface area (Å²) in [6, 6.07) is 11.8. The molecular weight excluding hydrogens is 376 g/mol. The van der Waals surface area contributed by atoms with E-state index in [1.807, 2.05) is 51.1 Å². The lowest BCUT2D eigenvalue weighted by Crippen LogP contribution is -2.45. The molecule has 0 unspecified atom stereocenters. The van der Waals surface area contributed by atoms with Gasteiger partial charge in [0.25, 0.3) is 0 Å². The summed E-state index contributed by atoms with van der Waals surface area (Å²) in [6.07, 6.45) is 1.08. The second-order valence-corrected chi connectivity index (χ2v) is 9.00. The molecule has 1 N–H and O–H groups in total. The number of nitrogens with zero attached hydrogens (tertiary/aromatic N) is 1. The van der Waals surface area contributed by atoms with E-state index >= 15 is 0 Å². The van der Waals surface area contributed by atoms with Crippen molar-refractivity contribution in [1.29, 1.82) is 0 Å². The maximum absolute atomic E-state index is 13.0. The summed E-state index contributed by atoms with van der Waals surface area (Å²) in [6.45, 7) is 7.49. The fourth-order valence-electron chi connectivity index (χ4n) is 3.10. The van der Waals surface area contributed by atoms with Crippen LogP contribution in [-0.2, 0) is 14.8 Å². The van der Waals surface area contributed by atoms with Gasteiger partial charge in [-0.25, -0.2) is 8.42 Å². The van der Waals surface area contributed by atoms with Crippen LogP contribution in [0.5, 0.6) is 5.75 Å². The molecule has 0 bridgehead atoms. The first kappa shape index (κ1) is 21.8. The van der Waals surface area contributed by atoms with Gasteiger partial charge in [-0.3, -0.25) is 9.10 Å². The number of benzene rings is 2. The summed E-state index contributed by atoms with van der Waals surface area (Å²) in [5, 5.41) is 2.88. The van der Waals surface area contributed by atoms with Crippen LogP contribution in [0.3, 0.4) is 0 Å². The van der Waals surface area contributed by atoms with Gasteiger partial charge in [-0.1, -0.05) is 38.1 Å². The lowest BCUT2D eigenvalue weighted by Gasteiger charge is -2.30. The van der Waals surface area contributed by atoms with Crippen LogP contribution in [0.25, 0.3) is 0 Å². The second-order valence-electron chi connectivity index (χ2n) is 7.14. The van der Waals surface area contributed by atoms with Gasteiger partial charge >= 0.3 is 0 Å². The molecule has 0 aliphatic carbocycles. The molecule has 0 fully saturated rings. The highest BCUT2D eigenvalue weighted by Crippen LogP contribution is 2.33. The number of rotatable bonds is 7. The molecule has 2 rings (SSSR count). The van der Waals surface area contributed by atoms with Crippen molar-refractivity contribution >= 4 is 27.3 Å². The molecule has 0 aliphatic heterocycles. The van der Waals surface area contributed by atoms with Crippen LogP contribution in [0.4, 0.5) is 11.4 Å². The minimum Gasteiger partial charge on any atom is -0.495 e. The number of hydrogen-bond acceptors (Lipinski definition) is 4. The number of amides is 1. The molecule has 0 saturated heterocycles. The van der Waals surface area contributed by atoms with Crippen molar-refractivity contribution < 1.29 is 17.9 Å². The van der Waals surface area contributed by atoms with Gasteiger partial charge in [0.05, 0.1) is 19.1 Å². The monoisotopic (exact) mass is 404 g/mol. The van der Waals surface area contributed by atoms with Gasteiger partial charge in [0, 0.05) is 5.69 Å². The Balaban J connectivity index is 2.44. The lowest BCUT2D eigenvalue weighted by atomic mass is 10.0. The van der Waals surface area contributed by atoms with Gasteiger partial charge < -0.3 is 10.1 Å². The Morgan fingerprint density at radius 3 is 2.32 bits per heavy atom. The summed E-state index contributed by atoms with van der Waals surface area (Å²) in [5.41, 5.74) is 2.87. The first-order valence-corrected chi connectivity index (χ1v) is 10.9. The number of carbonyl (C=O) groups is 1. The highest BCUT2D eigenvalue weighted by atomic mass is 32.2. The molecule has 1 amide bonds. The van der Waals surface area contributed by atoms with E-state index < -0.39 is 22.0 Å². The number of sulfonamides is 1. The van der Waals surface area contributed by atoms with E-state index in [-0.39, 0.29) is 5.92 Å². The van der Waals surface area contributed by atoms with E-state index in [0.29, 0.717) is 17.1 Å². The predicted octanol–water partition coefficient (Wildman–Crippen LogP) is 3.92. The van der Waals surface area contributed by atoms with Crippen molar-refractivity contribution in [2.75, 3.05) is 23.0 Å². The van der Waals surface area contributed by atoms with Crippen molar-refractivity contribution in [2.24, 2.45) is 0 Å². The second kappa shape index (κ2) is 8.65. The number of carbonyl (C=O) groups excluding carboxylic acids is 1. The number of methoxy groups -OCH3 is 1. The number of anilines is 2. The van der Waals surface area contributed by atoms with Gasteiger partial charge in [-0.2, -0.15) is 0 Å². The summed E-state index contributed by atoms with van der Waals surface area (Å²) in [4.78, 5) is 13.0. The molecule has 7 heteroatoms. The van der Waals surface area contributed by atoms with Crippen LogP contribution in [0.2, 0.25) is 0 Å². The SMILES string of the molecule is COc1ccc(C)cc1N([C@@H](C)C(=O)Nc1ccccc1C(C)C)S(C)(=O)=O. The van der Waals surface area contributed by atoms with E-state index in [0.717, 1.165) is 21.7 Å². The van der Waals surface area contributed by atoms with Crippen LogP contribution < -0.4 is 14.4 Å². The topological polar surface area (TPSA) is 75.7 Å². The first-order chi connectivity index (χ1) is 13.1. The average molecular weight is 405 g/mol. The summed E-state index contributed by atoms with van der Waals surface area (Å²) in [7, 11) is -2.27. The first-order valence-electron chi connectivity index (χ1n) is 9.10. The summed E-state index contributed by atoms with van der Waals surface area (Å²) < 4.78 is 31.6.